The van der Waals surface area contributed by atoms with Crippen LogP contribution in [0.2, 0.25) is 0 Å². The fraction of sp³-hybridized carbons (Fsp3) is 0.385. The lowest BCUT2D eigenvalue weighted by molar-refractivity contribution is 0.303. The number of fused-ring (bicyclic) bond motifs is 1. The molecule has 94 valence electrons. The number of phenolic OH excluding ortho intramolecular Hbond substituents is 1. The van der Waals surface area contributed by atoms with Gasteiger partial charge in [0, 0.05) is 6.07 Å². The molecule has 0 bridgehead atoms. The van der Waals surface area contributed by atoms with Crippen LogP contribution >= 0.6 is 0 Å². The zero-order chi connectivity index (χ0) is 13.3. The molecule has 1 unspecified atom stereocenters. The number of rotatable bonds is 3. The van der Waals surface area contributed by atoms with Crippen molar-refractivity contribution < 1.29 is 5.11 Å². The molecule has 1 N–H and O–H groups in total. The molecule has 0 aliphatic heterocycles. The predicted molar refractivity (Wildman–Crippen MR) is 69.1 cm³/mol. The molecule has 18 heavy (non-hydrogen) atoms. The molecular formula is C13H16N4O. The van der Waals surface area contributed by atoms with Crippen molar-refractivity contribution in [2.75, 3.05) is 14.1 Å². The minimum absolute atomic E-state index is 0.105. The van der Waals surface area contributed by atoms with E-state index in [1.807, 2.05) is 30.5 Å². The molecule has 5 nitrogen and oxygen atoms in total. The maximum Gasteiger partial charge on any atom is 0.127 e. The van der Waals surface area contributed by atoms with E-state index in [2.05, 4.69) is 11.1 Å². The molecule has 1 heterocycles. The highest BCUT2D eigenvalue weighted by Gasteiger charge is 2.18. The molecule has 0 radical (unpaired) electrons. The summed E-state index contributed by atoms with van der Waals surface area (Å²) >= 11 is 0. The van der Waals surface area contributed by atoms with Gasteiger partial charge in [-0.25, -0.2) is 4.98 Å². The highest BCUT2D eigenvalue weighted by Crippen LogP contribution is 2.25. The molecule has 0 fully saturated rings. The van der Waals surface area contributed by atoms with E-state index in [1.54, 1.807) is 18.2 Å². The summed E-state index contributed by atoms with van der Waals surface area (Å²) in [5.41, 5.74) is 1.59. The van der Waals surface area contributed by atoms with Crippen molar-refractivity contribution in [3.8, 4) is 11.8 Å². The van der Waals surface area contributed by atoms with Crippen molar-refractivity contribution in [1.82, 2.24) is 14.5 Å². The molecule has 0 spiro atoms. The molecule has 0 aliphatic rings. The first kappa shape index (κ1) is 12.4. The Morgan fingerprint density at radius 3 is 2.83 bits per heavy atom. The summed E-state index contributed by atoms with van der Waals surface area (Å²) in [5, 5.41) is 18.4. The van der Waals surface area contributed by atoms with Crippen LogP contribution in [0.1, 0.15) is 18.8 Å². The number of nitrogens with zero attached hydrogens (tertiary/aromatic N) is 4. The Bertz CT molecular complexity index is 609. The number of hydrogen-bond acceptors (Lipinski definition) is 4. The van der Waals surface area contributed by atoms with Gasteiger partial charge in [0.05, 0.1) is 23.1 Å². The molecule has 1 atom stereocenters. The average Bonchev–Trinajstić information content (AvgIpc) is 2.66. The van der Waals surface area contributed by atoms with Crippen LogP contribution in [0, 0.1) is 11.3 Å². The third kappa shape index (κ3) is 2.03. The molecule has 0 saturated carbocycles. The van der Waals surface area contributed by atoms with Crippen LogP contribution in [-0.2, 0) is 6.54 Å². The standard InChI is InChI=1S/C13H16N4O/c1-9(16(2)3)13-15-11-8-10(18)4-5-12(11)17(13)7-6-14/h4-5,8-9,18H,7H2,1-3H3. The lowest BCUT2D eigenvalue weighted by Crippen LogP contribution is -2.20. The number of imidazole rings is 1. The Labute approximate surface area is 106 Å². The first-order valence-corrected chi connectivity index (χ1v) is 5.77. The van der Waals surface area contributed by atoms with Gasteiger partial charge in [-0.2, -0.15) is 5.26 Å². The number of nitriles is 1. The van der Waals surface area contributed by atoms with E-state index in [0.717, 1.165) is 11.3 Å². The fourth-order valence-electron chi connectivity index (χ4n) is 1.92. The maximum atomic E-state index is 9.48. The van der Waals surface area contributed by atoms with Gasteiger partial charge in [-0.15, -0.1) is 0 Å². The topological polar surface area (TPSA) is 65.1 Å². The van der Waals surface area contributed by atoms with E-state index in [9.17, 15) is 5.11 Å². The molecule has 1 aromatic carbocycles. The van der Waals surface area contributed by atoms with Gasteiger partial charge in [0.2, 0.25) is 0 Å². The van der Waals surface area contributed by atoms with Gasteiger partial charge in [0.1, 0.15) is 18.1 Å². The third-order valence-corrected chi connectivity index (χ3v) is 3.14. The number of phenols is 1. The van der Waals surface area contributed by atoms with Crippen LogP contribution in [0.15, 0.2) is 18.2 Å². The minimum atomic E-state index is 0.105. The molecular weight excluding hydrogens is 228 g/mol. The van der Waals surface area contributed by atoms with Gasteiger partial charge in [0.25, 0.3) is 0 Å². The summed E-state index contributed by atoms with van der Waals surface area (Å²) in [6, 6.07) is 7.28. The summed E-state index contributed by atoms with van der Waals surface area (Å²) in [5.74, 6) is 1.02. The van der Waals surface area contributed by atoms with Crippen LogP contribution in [0.3, 0.4) is 0 Å². The monoisotopic (exact) mass is 244 g/mol. The molecule has 0 amide bonds. The lowest BCUT2D eigenvalue weighted by atomic mass is 10.3. The Balaban J connectivity index is 2.65. The van der Waals surface area contributed by atoms with Crippen LogP contribution < -0.4 is 0 Å². The second-order valence-corrected chi connectivity index (χ2v) is 4.53. The Morgan fingerprint density at radius 1 is 1.50 bits per heavy atom. The van der Waals surface area contributed by atoms with E-state index in [1.165, 1.54) is 0 Å². The predicted octanol–water partition coefficient (Wildman–Crippen LogP) is 1.89. The SMILES string of the molecule is CC(c1nc2cc(O)ccc2n1CC#N)N(C)C. The maximum absolute atomic E-state index is 9.48. The normalized spacial score (nSPS) is 12.8. The van der Waals surface area contributed by atoms with Crippen molar-refractivity contribution in [2.24, 2.45) is 0 Å². The van der Waals surface area contributed by atoms with Crippen molar-refractivity contribution in [1.29, 1.82) is 5.26 Å². The van der Waals surface area contributed by atoms with E-state index in [4.69, 9.17) is 5.26 Å². The lowest BCUT2D eigenvalue weighted by Gasteiger charge is -2.19. The van der Waals surface area contributed by atoms with Crippen molar-refractivity contribution >= 4 is 11.0 Å². The zero-order valence-electron chi connectivity index (χ0n) is 10.8. The Morgan fingerprint density at radius 2 is 2.22 bits per heavy atom. The van der Waals surface area contributed by atoms with Crippen molar-refractivity contribution in [2.45, 2.75) is 19.5 Å². The van der Waals surface area contributed by atoms with Crippen LogP contribution in [0.4, 0.5) is 0 Å². The first-order valence-electron chi connectivity index (χ1n) is 5.77. The molecule has 0 saturated heterocycles. The van der Waals surface area contributed by atoms with Crippen molar-refractivity contribution in [3.63, 3.8) is 0 Å². The van der Waals surface area contributed by atoms with Gasteiger partial charge in [-0.05, 0) is 33.2 Å². The molecule has 1 aromatic heterocycles. The highest BCUT2D eigenvalue weighted by atomic mass is 16.3. The summed E-state index contributed by atoms with van der Waals surface area (Å²) < 4.78 is 1.89. The average molecular weight is 244 g/mol. The van der Waals surface area contributed by atoms with E-state index < -0.39 is 0 Å². The molecule has 5 heteroatoms. The van der Waals surface area contributed by atoms with Crippen molar-refractivity contribution in [3.05, 3.63) is 24.0 Å². The summed E-state index contributed by atoms with van der Waals surface area (Å²) in [6.45, 7) is 2.30. The number of hydrogen-bond donors (Lipinski definition) is 1. The molecule has 2 aromatic rings. The highest BCUT2D eigenvalue weighted by molar-refractivity contribution is 5.78. The van der Waals surface area contributed by atoms with Crippen LogP contribution in [-0.4, -0.2) is 33.7 Å². The Hall–Kier alpha value is -2.06. The first-order chi connectivity index (χ1) is 8.54. The van der Waals surface area contributed by atoms with Crippen LogP contribution in [0.25, 0.3) is 11.0 Å². The minimum Gasteiger partial charge on any atom is -0.508 e. The number of aromatic hydroxyl groups is 1. The molecule has 0 aliphatic carbocycles. The molecule has 2 rings (SSSR count). The smallest absolute Gasteiger partial charge is 0.127 e. The van der Waals surface area contributed by atoms with E-state index >= 15 is 0 Å². The Kier molecular flexibility index (Phi) is 3.21. The summed E-state index contributed by atoms with van der Waals surface area (Å²) in [4.78, 5) is 6.56. The second kappa shape index (κ2) is 4.67. The van der Waals surface area contributed by atoms with Gasteiger partial charge >= 0.3 is 0 Å². The van der Waals surface area contributed by atoms with E-state index in [0.29, 0.717) is 5.52 Å². The van der Waals surface area contributed by atoms with Gasteiger partial charge in [-0.3, -0.25) is 4.90 Å². The van der Waals surface area contributed by atoms with Crippen LogP contribution in [0.5, 0.6) is 5.75 Å². The van der Waals surface area contributed by atoms with Gasteiger partial charge in [-0.1, -0.05) is 0 Å². The number of aromatic nitrogens is 2. The zero-order valence-corrected chi connectivity index (χ0v) is 10.8. The quantitative estimate of drug-likeness (QED) is 0.895. The second-order valence-electron chi connectivity index (χ2n) is 4.53. The van der Waals surface area contributed by atoms with Gasteiger partial charge < -0.3 is 9.67 Å². The fourth-order valence-corrected chi connectivity index (χ4v) is 1.92. The number of benzene rings is 1. The summed E-state index contributed by atoms with van der Waals surface area (Å²) in [6.07, 6.45) is 0. The summed E-state index contributed by atoms with van der Waals surface area (Å²) in [7, 11) is 3.94. The van der Waals surface area contributed by atoms with E-state index in [-0.39, 0.29) is 18.3 Å². The third-order valence-electron chi connectivity index (χ3n) is 3.14. The largest absolute Gasteiger partial charge is 0.508 e. The van der Waals surface area contributed by atoms with Gasteiger partial charge in [0.15, 0.2) is 0 Å².